The zero-order valence-corrected chi connectivity index (χ0v) is 12.4. The number of rotatable bonds is 1. The van der Waals surface area contributed by atoms with Gasteiger partial charge in [0.25, 0.3) is 0 Å². The fraction of sp³-hybridized carbons (Fsp3) is 0.312. The number of benzene rings is 1. The lowest BCUT2D eigenvalue weighted by Gasteiger charge is -2.20. The van der Waals surface area contributed by atoms with Gasteiger partial charge in [0.15, 0.2) is 6.10 Å². The highest BCUT2D eigenvalue weighted by atomic mass is 35.5. The maximum Gasteiger partial charge on any atom is 0.153 e. The summed E-state index contributed by atoms with van der Waals surface area (Å²) in [7, 11) is 2.09. The summed E-state index contributed by atoms with van der Waals surface area (Å²) in [5.41, 5.74) is 3.26. The molecule has 4 heteroatoms. The van der Waals surface area contributed by atoms with E-state index in [1.165, 1.54) is 0 Å². The van der Waals surface area contributed by atoms with Crippen molar-refractivity contribution in [3.8, 4) is 5.75 Å². The second-order valence-electron chi connectivity index (χ2n) is 5.32. The number of likely N-dealkylation sites (N-methyl/N-ethyl adjacent to an activating group) is 1. The summed E-state index contributed by atoms with van der Waals surface area (Å²) in [4.78, 5) is 6.73. The van der Waals surface area contributed by atoms with Crippen LogP contribution in [0.3, 0.4) is 0 Å². The molecule has 1 aliphatic rings. The molecule has 20 heavy (non-hydrogen) atoms. The van der Waals surface area contributed by atoms with E-state index in [9.17, 15) is 0 Å². The van der Waals surface area contributed by atoms with E-state index in [1.807, 2.05) is 37.4 Å². The van der Waals surface area contributed by atoms with Gasteiger partial charge in [0.2, 0.25) is 0 Å². The Morgan fingerprint density at radius 3 is 2.90 bits per heavy atom. The summed E-state index contributed by atoms with van der Waals surface area (Å²) < 4.78 is 6.15. The Hall–Kier alpha value is -1.58. The fourth-order valence-corrected chi connectivity index (χ4v) is 2.58. The van der Waals surface area contributed by atoms with Crippen molar-refractivity contribution in [1.82, 2.24) is 9.88 Å². The van der Waals surface area contributed by atoms with Gasteiger partial charge in [0.1, 0.15) is 5.75 Å². The van der Waals surface area contributed by atoms with Crippen LogP contribution < -0.4 is 4.74 Å². The van der Waals surface area contributed by atoms with Crippen LogP contribution in [0.15, 0.2) is 36.5 Å². The van der Waals surface area contributed by atoms with Crippen LogP contribution in [0.25, 0.3) is 0 Å². The van der Waals surface area contributed by atoms with Gasteiger partial charge in [-0.3, -0.25) is 9.88 Å². The number of ether oxygens (including phenoxy) is 1. The third-order valence-corrected chi connectivity index (χ3v) is 3.72. The predicted molar refractivity (Wildman–Crippen MR) is 80.1 cm³/mol. The summed E-state index contributed by atoms with van der Waals surface area (Å²) >= 11 is 6.07. The first-order chi connectivity index (χ1) is 9.61. The Kier molecular flexibility index (Phi) is 3.64. The van der Waals surface area contributed by atoms with Crippen LogP contribution in [-0.2, 0) is 6.54 Å². The molecule has 1 atom stereocenters. The Morgan fingerprint density at radius 1 is 1.30 bits per heavy atom. The van der Waals surface area contributed by atoms with Crippen LogP contribution in [0.2, 0.25) is 5.02 Å². The van der Waals surface area contributed by atoms with Crippen molar-refractivity contribution in [2.24, 2.45) is 0 Å². The Labute approximate surface area is 124 Å². The van der Waals surface area contributed by atoms with Gasteiger partial charge in [0, 0.05) is 29.9 Å². The summed E-state index contributed by atoms with van der Waals surface area (Å²) in [5, 5.41) is 0.698. The molecule has 0 bridgehead atoms. The van der Waals surface area contributed by atoms with Crippen LogP contribution in [0.5, 0.6) is 5.75 Å². The molecule has 0 spiro atoms. The molecule has 1 aromatic heterocycles. The third kappa shape index (κ3) is 2.79. The monoisotopic (exact) mass is 288 g/mol. The molecule has 104 valence electrons. The fourth-order valence-electron chi connectivity index (χ4n) is 2.42. The van der Waals surface area contributed by atoms with Crippen molar-refractivity contribution in [3.05, 3.63) is 58.4 Å². The molecule has 1 unspecified atom stereocenters. The van der Waals surface area contributed by atoms with Crippen LogP contribution in [-0.4, -0.2) is 23.5 Å². The van der Waals surface area contributed by atoms with Crippen molar-refractivity contribution in [1.29, 1.82) is 0 Å². The number of fused-ring (bicyclic) bond motifs is 1. The number of aryl methyl sites for hydroxylation is 1. The van der Waals surface area contributed by atoms with Crippen LogP contribution in [0.4, 0.5) is 0 Å². The van der Waals surface area contributed by atoms with E-state index in [2.05, 4.69) is 23.0 Å². The Bertz CT molecular complexity index is 612. The summed E-state index contributed by atoms with van der Waals surface area (Å²) in [6.07, 6.45) is 1.81. The van der Waals surface area contributed by atoms with E-state index in [4.69, 9.17) is 16.3 Å². The molecule has 1 aromatic carbocycles. The maximum atomic E-state index is 6.15. The molecule has 0 saturated carbocycles. The zero-order chi connectivity index (χ0) is 14.1. The Morgan fingerprint density at radius 2 is 2.15 bits per heavy atom. The molecule has 0 radical (unpaired) electrons. The van der Waals surface area contributed by atoms with Crippen molar-refractivity contribution in [3.63, 3.8) is 0 Å². The van der Waals surface area contributed by atoms with Crippen molar-refractivity contribution in [2.75, 3.05) is 13.6 Å². The summed E-state index contributed by atoms with van der Waals surface area (Å²) in [6.45, 7) is 3.70. The average molecular weight is 289 g/mol. The highest BCUT2D eigenvalue weighted by molar-refractivity contribution is 6.30. The van der Waals surface area contributed by atoms with Crippen molar-refractivity contribution >= 4 is 11.6 Å². The van der Waals surface area contributed by atoms with Gasteiger partial charge >= 0.3 is 0 Å². The van der Waals surface area contributed by atoms with Gasteiger partial charge in [-0.05, 0) is 37.7 Å². The van der Waals surface area contributed by atoms with E-state index in [0.717, 1.165) is 35.7 Å². The van der Waals surface area contributed by atoms with E-state index < -0.39 is 0 Å². The first-order valence-corrected chi connectivity index (χ1v) is 7.06. The summed E-state index contributed by atoms with van der Waals surface area (Å²) in [6, 6.07) is 9.91. The lowest BCUT2D eigenvalue weighted by molar-refractivity contribution is 0.161. The van der Waals surface area contributed by atoms with E-state index in [-0.39, 0.29) is 6.10 Å². The smallest absolute Gasteiger partial charge is 0.153 e. The van der Waals surface area contributed by atoms with Gasteiger partial charge in [0.05, 0.1) is 5.69 Å². The molecule has 2 heterocycles. The first-order valence-electron chi connectivity index (χ1n) is 6.68. The van der Waals surface area contributed by atoms with E-state index in [1.54, 1.807) is 0 Å². The quantitative estimate of drug-likeness (QED) is 0.801. The molecule has 3 rings (SSSR count). The second kappa shape index (κ2) is 5.43. The maximum absolute atomic E-state index is 6.15. The largest absolute Gasteiger partial charge is 0.482 e. The van der Waals surface area contributed by atoms with E-state index >= 15 is 0 Å². The molecular formula is C16H17ClN2O. The average Bonchev–Trinajstić information content (AvgIpc) is 2.57. The molecule has 0 N–H and O–H groups in total. The van der Waals surface area contributed by atoms with Crippen molar-refractivity contribution in [2.45, 2.75) is 19.6 Å². The summed E-state index contributed by atoms with van der Waals surface area (Å²) in [5.74, 6) is 0.856. The number of hydrogen-bond acceptors (Lipinski definition) is 3. The van der Waals surface area contributed by atoms with Crippen LogP contribution in [0.1, 0.15) is 22.9 Å². The molecule has 0 amide bonds. The number of nitrogens with zero attached hydrogens (tertiary/aromatic N) is 2. The topological polar surface area (TPSA) is 25.4 Å². The minimum absolute atomic E-state index is 0.0692. The van der Waals surface area contributed by atoms with Gasteiger partial charge in [-0.15, -0.1) is 0 Å². The van der Waals surface area contributed by atoms with Gasteiger partial charge in [-0.1, -0.05) is 23.7 Å². The normalized spacial score (nSPS) is 19.1. The molecule has 0 aliphatic carbocycles. The zero-order valence-electron chi connectivity index (χ0n) is 11.6. The highest BCUT2D eigenvalue weighted by Gasteiger charge is 2.23. The first kappa shape index (κ1) is 13.4. The van der Waals surface area contributed by atoms with Gasteiger partial charge in [-0.2, -0.15) is 0 Å². The van der Waals surface area contributed by atoms with Crippen LogP contribution >= 0.6 is 11.6 Å². The minimum atomic E-state index is -0.0692. The van der Waals surface area contributed by atoms with Gasteiger partial charge in [-0.25, -0.2) is 0 Å². The molecule has 1 aliphatic heterocycles. The second-order valence-corrected chi connectivity index (χ2v) is 5.75. The van der Waals surface area contributed by atoms with E-state index in [0.29, 0.717) is 5.02 Å². The predicted octanol–water partition coefficient (Wildman–Crippen LogP) is 3.61. The number of pyridine rings is 1. The molecule has 0 saturated heterocycles. The molecular weight excluding hydrogens is 272 g/mol. The molecule has 0 fully saturated rings. The van der Waals surface area contributed by atoms with Crippen LogP contribution in [0, 0.1) is 6.92 Å². The molecule has 2 aromatic rings. The highest BCUT2D eigenvalue weighted by Crippen LogP contribution is 2.32. The Balaban J connectivity index is 1.95. The van der Waals surface area contributed by atoms with Gasteiger partial charge < -0.3 is 4.74 Å². The SMILES string of the molecule is Cc1ccc(C2CN(C)Cc3ccc(Cl)cc3O2)nc1. The van der Waals surface area contributed by atoms with Crippen molar-refractivity contribution < 1.29 is 4.74 Å². The molecule has 3 nitrogen and oxygen atoms in total. The standard InChI is InChI=1S/C16H17ClN2O/c1-11-3-6-14(18-8-11)16-10-19(2)9-12-4-5-13(17)7-15(12)20-16/h3-8,16H,9-10H2,1-2H3. The lowest BCUT2D eigenvalue weighted by Crippen LogP contribution is -2.24. The third-order valence-electron chi connectivity index (χ3n) is 3.48. The number of aromatic nitrogens is 1. The number of halogens is 1. The minimum Gasteiger partial charge on any atom is -0.482 e. The lowest BCUT2D eigenvalue weighted by atomic mass is 10.2. The number of hydrogen-bond donors (Lipinski definition) is 0.